The van der Waals surface area contributed by atoms with Gasteiger partial charge in [0.2, 0.25) is 0 Å². The Morgan fingerprint density at radius 2 is 1.94 bits per heavy atom. The molecular formula is C25H34N4O3. The minimum absolute atomic E-state index is 0.0192. The van der Waals surface area contributed by atoms with Crippen molar-refractivity contribution in [2.45, 2.75) is 52.5 Å². The maximum absolute atomic E-state index is 11.1. The fraction of sp³-hybridized carbons (Fsp3) is 0.480. The first-order chi connectivity index (χ1) is 15.5. The Morgan fingerprint density at radius 3 is 2.53 bits per heavy atom. The number of carboxylic acids is 1. The van der Waals surface area contributed by atoms with E-state index in [-0.39, 0.29) is 12.5 Å². The number of ether oxygens (including phenoxy) is 1. The van der Waals surface area contributed by atoms with Gasteiger partial charge in [0, 0.05) is 31.2 Å². The minimum atomic E-state index is -0.822. The van der Waals surface area contributed by atoms with Gasteiger partial charge in [0.15, 0.2) is 0 Å². The molecule has 1 aromatic carbocycles. The van der Waals surface area contributed by atoms with Crippen molar-refractivity contribution in [1.29, 1.82) is 0 Å². The molecule has 1 atom stereocenters. The highest BCUT2D eigenvalue weighted by Crippen LogP contribution is 2.35. The van der Waals surface area contributed by atoms with E-state index in [1.54, 1.807) is 6.08 Å². The third-order valence-electron chi connectivity index (χ3n) is 5.86. The van der Waals surface area contributed by atoms with Gasteiger partial charge in [0.25, 0.3) is 0 Å². The van der Waals surface area contributed by atoms with E-state index >= 15 is 0 Å². The van der Waals surface area contributed by atoms with Crippen molar-refractivity contribution in [2.75, 3.05) is 31.6 Å². The third-order valence-corrected chi connectivity index (χ3v) is 5.86. The number of nitrogens with zero attached hydrogens (tertiary/aromatic N) is 3. The average molecular weight is 439 g/mol. The van der Waals surface area contributed by atoms with Crippen molar-refractivity contribution in [3.63, 3.8) is 0 Å². The van der Waals surface area contributed by atoms with Gasteiger partial charge in [-0.3, -0.25) is 9.69 Å². The fourth-order valence-corrected chi connectivity index (χ4v) is 4.15. The number of allylic oxidation sites excluding steroid dienone is 1. The van der Waals surface area contributed by atoms with E-state index in [2.05, 4.69) is 52.2 Å². The summed E-state index contributed by atoms with van der Waals surface area (Å²) in [5.74, 6) is -0.00778. The van der Waals surface area contributed by atoms with Crippen LogP contribution in [0.1, 0.15) is 63.0 Å². The van der Waals surface area contributed by atoms with Crippen molar-refractivity contribution in [2.24, 2.45) is 0 Å². The Labute approximate surface area is 190 Å². The molecule has 0 spiro atoms. The standard InChI is InChI=1S/C25H34N4O3/c1-4-18(8-10-25(30)31)19-7-9-21(23(5-2)29-11-13-32-14-12-29)22(15-19)28-20-16-26-24(6-3)27-17-20/h7-9,15-17,23,28H,4-6,10-14H2,1-3H3,(H,30,31)/t23-/m1/s1. The molecule has 0 radical (unpaired) electrons. The van der Waals surface area contributed by atoms with Gasteiger partial charge >= 0.3 is 5.97 Å². The van der Waals surface area contributed by atoms with Gasteiger partial charge in [0.1, 0.15) is 5.82 Å². The monoisotopic (exact) mass is 438 g/mol. The molecule has 7 nitrogen and oxygen atoms in total. The van der Waals surface area contributed by atoms with Crippen molar-refractivity contribution in [3.05, 3.63) is 53.6 Å². The predicted octanol–water partition coefficient (Wildman–Crippen LogP) is 4.83. The lowest BCUT2D eigenvalue weighted by Crippen LogP contribution is -2.39. The molecule has 2 N–H and O–H groups in total. The summed E-state index contributed by atoms with van der Waals surface area (Å²) in [6.45, 7) is 9.62. The fourth-order valence-electron chi connectivity index (χ4n) is 4.15. The van der Waals surface area contributed by atoms with Crippen LogP contribution in [-0.2, 0) is 16.0 Å². The van der Waals surface area contributed by atoms with Gasteiger partial charge in [-0.25, -0.2) is 9.97 Å². The number of carboxylic acid groups (broad SMARTS) is 1. The summed E-state index contributed by atoms with van der Waals surface area (Å²) in [6.07, 6.45) is 8.00. The minimum Gasteiger partial charge on any atom is -0.481 e. The molecule has 7 heteroatoms. The molecule has 1 aromatic heterocycles. The van der Waals surface area contributed by atoms with Crippen LogP contribution in [0.25, 0.3) is 5.57 Å². The summed E-state index contributed by atoms with van der Waals surface area (Å²) < 4.78 is 5.56. The van der Waals surface area contributed by atoms with E-state index in [4.69, 9.17) is 9.84 Å². The van der Waals surface area contributed by atoms with Crippen LogP contribution < -0.4 is 5.32 Å². The number of anilines is 2. The molecule has 1 fully saturated rings. The molecule has 0 bridgehead atoms. The maximum Gasteiger partial charge on any atom is 0.307 e. The number of nitrogens with one attached hydrogen (secondary N) is 1. The lowest BCUT2D eigenvalue weighted by molar-refractivity contribution is -0.135. The van der Waals surface area contributed by atoms with Crippen molar-refractivity contribution in [1.82, 2.24) is 14.9 Å². The Balaban J connectivity index is 2.00. The number of aryl methyl sites for hydroxylation is 1. The van der Waals surface area contributed by atoms with Gasteiger partial charge in [-0.1, -0.05) is 39.0 Å². The summed E-state index contributed by atoms with van der Waals surface area (Å²) >= 11 is 0. The molecule has 172 valence electrons. The normalized spacial score (nSPS) is 16.0. The smallest absolute Gasteiger partial charge is 0.307 e. The van der Waals surface area contributed by atoms with Gasteiger partial charge in [-0.15, -0.1) is 0 Å². The molecule has 0 aliphatic carbocycles. The van der Waals surface area contributed by atoms with E-state index in [1.807, 2.05) is 19.3 Å². The maximum atomic E-state index is 11.1. The van der Waals surface area contributed by atoms with Crippen LogP contribution in [-0.4, -0.2) is 52.2 Å². The number of morpholine rings is 1. The number of aliphatic carboxylic acids is 1. The van der Waals surface area contributed by atoms with Gasteiger partial charge in [-0.05, 0) is 35.6 Å². The Morgan fingerprint density at radius 1 is 1.22 bits per heavy atom. The molecular weight excluding hydrogens is 404 g/mol. The Kier molecular flexibility index (Phi) is 8.76. The molecule has 32 heavy (non-hydrogen) atoms. The highest BCUT2D eigenvalue weighted by atomic mass is 16.5. The molecule has 0 unspecified atom stereocenters. The second kappa shape index (κ2) is 11.7. The summed E-state index contributed by atoms with van der Waals surface area (Å²) in [7, 11) is 0. The molecule has 0 saturated carbocycles. The van der Waals surface area contributed by atoms with Gasteiger partial charge < -0.3 is 15.2 Å². The molecule has 0 amide bonds. The first-order valence-corrected chi connectivity index (χ1v) is 11.5. The number of carbonyl (C=O) groups is 1. The van der Waals surface area contributed by atoms with E-state index in [0.29, 0.717) is 0 Å². The summed E-state index contributed by atoms with van der Waals surface area (Å²) in [5.41, 5.74) is 5.11. The Bertz CT molecular complexity index is 921. The van der Waals surface area contributed by atoms with Crippen LogP contribution in [0.15, 0.2) is 36.7 Å². The van der Waals surface area contributed by atoms with Crippen LogP contribution in [0.3, 0.4) is 0 Å². The second-order valence-corrected chi connectivity index (χ2v) is 7.92. The zero-order valence-electron chi connectivity index (χ0n) is 19.3. The average Bonchev–Trinajstić information content (AvgIpc) is 2.82. The predicted molar refractivity (Wildman–Crippen MR) is 127 cm³/mol. The van der Waals surface area contributed by atoms with Crippen LogP contribution in [0.2, 0.25) is 0 Å². The topological polar surface area (TPSA) is 87.6 Å². The van der Waals surface area contributed by atoms with Crippen molar-refractivity contribution < 1.29 is 14.6 Å². The lowest BCUT2D eigenvalue weighted by atomic mass is 9.94. The van der Waals surface area contributed by atoms with E-state index in [9.17, 15) is 4.79 Å². The summed E-state index contributed by atoms with van der Waals surface area (Å²) in [5, 5.41) is 12.6. The third kappa shape index (κ3) is 6.14. The van der Waals surface area contributed by atoms with Crippen LogP contribution >= 0.6 is 0 Å². The highest BCUT2D eigenvalue weighted by molar-refractivity contribution is 5.76. The van der Waals surface area contributed by atoms with Crippen LogP contribution in [0, 0.1) is 0 Å². The van der Waals surface area contributed by atoms with Crippen LogP contribution in [0.5, 0.6) is 0 Å². The number of hydrogen-bond acceptors (Lipinski definition) is 6. The second-order valence-electron chi connectivity index (χ2n) is 7.92. The number of benzene rings is 1. The van der Waals surface area contributed by atoms with E-state index < -0.39 is 5.97 Å². The molecule has 1 saturated heterocycles. The SMILES string of the molecule is CCC(=CCC(=O)O)c1ccc([C@@H](CC)N2CCOCC2)c(Nc2cnc(CC)nc2)c1. The van der Waals surface area contributed by atoms with E-state index in [1.165, 1.54) is 5.56 Å². The number of hydrogen-bond donors (Lipinski definition) is 2. The lowest BCUT2D eigenvalue weighted by Gasteiger charge is -2.35. The van der Waals surface area contributed by atoms with Gasteiger partial charge in [0.05, 0.1) is 37.7 Å². The molecule has 1 aliphatic rings. The number of rotatable bonds is 10. The van der Waals surface area contributed by atoms with Crippen molar-refractivity contribution in [3.8, 4) is 0 Å². The largest absolute Gasteiger partial charge is 0.481 e. The molecule has 3 rings (SSSR count). The zero-order chi connectivity index (χ0) is 22.9. The van der Waals surface area contributed by atoms with Crippen molar-refractivity contribution >= 4 is 22.9 Å². The molecule has 1 aliphatic heterocycles. The Hall–Kier alpha value is -2.77. The van der Waals surface area contributed by atoms with Gasteiger partial charge in [-0.2, -0.15) is 0 Å². The highest BCUT2D eigenvalue weighted by Gasteiger charge is 2.24. The first-order valence-electron chi connectivity index (χ1n) is 11.5. The zero-order valence-corrected chi connectivity index (χ0v) is 19.3. The molecule has 2 heterocycles. The summed E-state index contributed by atoms with van der Waals surface area (Å²) in [6, 6.07) is 6.67. The van der Waals surface area contributed by atoms with E-state index in [0.717, 1.165) is 73.9 Å². The van der Waals surface area contributed by atoms with Crippen LogP contribution in [0.4, 0.5) is 11.4 Å². The molecule has 2 aromatic rings. The quantitative estimate of drug-likeness (QED) is 0.549. The first kappa shape index (κ1) is 23.9. The number of aromatic nitrogens is 2. The summed E-state index contributed by atoms with van der Waals surface area (Å²) in [4.78, 5) is 22.4.